The van der Waals surface area contributed by atoms with Crippen molar-refractivity contribution in [3.8, 4) is 17.2 Å². The molecule has 34 heavy (non-hydrogen) atoms. The van der Waals surface area contributed by atoms with Crippen molar-refractivity contribution in [2.75, 3.05) is 51.8 Å². The lowest BCUT2D eigenvalue weighted by molar-refractivity contribution is -0.274. The molecule has 1 aliphatic rings. The van der Waals surface area contributed by atoms with Crippen molar-refractivity contribution in [1.82, 2.24) is 9.80 Å². The van der Waals surface area contributed by atoms with Crippen LogP contribution in [0.15, 0.2) is 42.5 Å². The van der Waals surface area contributed by atoms with Crippen molar-refractivity contribution >= 4 is 17.5 Å². The molecule has 3 rings (SSSR count). The molecule has 1 aliphatic heterocycles. The molecule has 1 fully saturated rings. The van der Waals surface area contributed by atoms with Gasteiger partial charge in [0.15, 0.2) is 11.5 Å². The maximum absolute atomic E-state index is 12.9. The monoisotopic (exact) mass is 481 g/mol. The second-order valence-corrected chi connectivity index (χ2v) is 7.49. The number of halogens is 3. The van der Waals surface area contributed by atoms with E-state index >= 15 is 0 Å². The third-order valence-corrected chi connectivity index (χ3v) is 5.11. The maximum atomic E-state index is 12.9. The number of nitrogens with zero attached hydrogens (tertiary/aromatic N) is 2. The Kier molecular flexibility index (Phi) is 8.21. The molecule has 2 aromatic carbocycles. The van der Waals surface area contributed by atoms with Crippen LogP contribution in [0.25, 0.3) is 0 Å². The van der Waals surface area contributed by atoms with Crippen molar-refractivity contribution < 1.29 is 37.0 Å². The molecule has 0 bridgehead atoms. The number of carbonyl (C=O) groups is 2. The highest BCUT2D eigenvalue weighted by atomic mass is 19.4. The predicted octanol–water partition coefficient (Wildman–Crippen LogP) is 3.39. The molecule has 0 aromatic heterocycles. The number of ether oxygens (including phenoxy) is 3. The zero-order chi connectivity index (χ0) is 24.7. The highest BCUT2D eigenvalue weighted by molar-refractivity contribution is 5.95. The van der Waals surface area contributed by atoms with Gasteiger partial charge in [-0.25, -0.2) is 0 Å². The molecule has 0 saturated carbocycles. The number of carbonyl (C=O) groups excluding carboxylic acids is 2. The van der Waals surface area contributed by atoms with E-state index in [0.717, 1.165) is 12.1 Å². The number of piperazine rings is 1. The van der Waals surface area contributed by atoms with E-state index in [9.17, 15) is 22.8 Å². The Morgan fingerprint density at radius 2 is 1.68 bits per heavy atom. The summed E-state index contributed by atoms with van der Waals surface area (Å²) in [4.78, 5) is 28.8. The Labute approximate surface area is 195 Å². The average Bonchev–Trinajstić information content (AvgIpc) is 2.80. The maximum Gasteiger partial charge on any atom is 0.573 e. The Morgan fingerprint density at radius 1 is 1.00 bits per heavy atom. The zero-order valence-electron chi connectivity index (χ0n) is 18.9. The lowest BCUT2D eigenvalue weighted by Crippen LogP contribution is -2.50. The standard InChI is InChI=1S/C23H26F3N3O5/c1-3-33-19-9-4-16(14-20(19)32-2)22(31)29-12-10-28(11-13-29)15-21(30)27-17-5-7-18(8-6-17)34-23(24,25)26/h4-9,14H,3,10-13,15H2,1-2H3,(H,27,30). The normalized spacial score (nSPS) is 14.4. The summed E-state index contributed by atoms with van der Waals surface area (Å²) in [5.74, 6) is 0.254. The fourth-order valence-corrected chi connectivity index (χ4v) is 3.51. The van der Waals surface area contributed by atoms with Gasteiger partial charge in [0, 0.05) is 37.4 Å². The third kappa shape index (κ3) is 7.01. The zero-order valence-corrected chi connectivity index (χ0v) is 18.9. The third-order valence-electron chi connectivity index (χ3n) is 5.11. The van der Waals surface area contributed by atoms with Crippen LogP contribution in [0.3, 0.4) is 0 Å². The molecule has 0 unspecified atom stereocenters. The summed E-state index contributed by atoms with van der Waals surface area (Å²) in [6.07, 6.45) is -4.77. The second-order valence-electron chi connectivity index (χ2n) is 7.49. The van der Waals surface area contributed by atoms with Gasteiger partial charge in [0.1, 0.15) is 5.75 Å². The topological polar surface area (TPSA) is 80.3 Å². The van der Waals surface area contributed by atoms with Crippen LogP contribution in [0.1, 0.15) is 17.3 Å². The van der Waals surface area contributed by atoms with Crippen LogP contribution in [-0.2, 0) is 4.79 Å². The molecule has 1 heterocycles. The molecular formula is C23H26F3N3O5. The van der Waals surface area contributed by atoms with Gasteiger partial charge >= 0.3 is 6.36 Å². The van der Waals surface area contributed by atoms with Gasteiger partial charge in [-0.1, -0.05) is 0 Å². The van der Waals surface area contributed by atoms with Gasteiger partial charge in [0.05, 0.1) is 20.3 Å². The summed E-state index contributed by atoms with van der Waals surface area (Å²) in [5.41, 5.74) is 0.849. The SMILES string of the molecule is CCOc1ccc(C(=O)N2CCN(CC(=O)Nc3ccc(OC(F)(F)F)cc3)CC2)cc1OC. The first-order chi connectivity index (χ1) is 16.2. The van der Waals surface area contributed by atoms with Crippen molar-refractivity contribution in [3.05, 3.63) is 48.0 Å². The van der Waals surface area contributed by atoms with Crippen LogP contribution in [-0.4, -0.2) is 74.4 Å². The summed E-state index contributed by atoms with van der Waals surface area (Å²) >= 11 is 0. The van der Waals surface area contributed by atoms with Crippen molar-refractivity contribution in [2.45, 2.75) is 13.3 Å². The number of hydrogen-bond acceptors (Lipinski definition) is 6. The van der Waals surface area contributed by atoms with Gasteiger partial charge in [-0.05, 0) is 49.4 Å². The molecule has 0 aliphatic carbocycles. The molecule has 0 radical (unpaired) electrons. The first-order valence-electron chi connectivity index (χ1n) is 10.7. The van der Waals surface area contributed by atoms with Crippen LogP contribution >= 0.6 is 0 Å². The number of alkyl halides is 3. The lowest BCUT2D eigenvalue weighted by atomic mass is 10.1. The fraction of sp³-hybridized carbons (Fsp3) is 0.391. The number of hydrogen-bond donors (Lipinski definition) is 1. The highest BCUT2D eigenvalue weighted by Crippen LogP contribution is 2.29. The van der Waals surface area contributed by atoms with Gasteiger partial charge in [-0.3, -0.25) is 14.5 Å². The average molecular weight is 481 g/mol. The lowest BCUT2D eigenvalue weighted by Gasteiger charge is -2.34. The molecule has 1 saturated heterocycles. The Morgan fingerprint density at radius 3 is 2.26 bits per heavy atom. The summed E-state index contributed by atoms with van der Waals surface area (Å²) in [6.45, 7) is 4.35. The van der Waals surface area contributed by atoms with Crippen LogP contribution in [0.5, 0.6) is 17.2 Å². The Bertz CT molecular complexity index is 990. The number of amides is 2. The molecular weight excluding hydrogens is 455 g/mol. The number of anilines is 1. The van der Waals surface area contributed by atoms with Gasteiger partial charge in [-0.15, -0.1) is 13.2 Å². The molecule has 0 atom stereocenters. The summed E-state index contributed by atoms with van der Waals surface area (Å²) in [7, 11) is 1.51. The van der Waals surface area contributed by atoms with E-state index in [1.807, 2.05) is 11.8 Å². The smallest absolute Gasteiger partial charge is 0.493 e. The van der Waals surface area contributed by atoms with Gasteiger partial charge in [0.25, 0.3) is 5.91 Å². The number of benzene rings is 2. The number of rotatable bonds is 8. The van der Waals surface area contributed by atoms with Crippen LogP contribution < -0.4 is 19.5 Å². The minimum atomic E-state index is -4.77. The molecule has 2 aromatic rings. The van der Waals surface area contributed by atoms with E-state index < -0.39 is 6.36 Å². The van der Waals surface area contributed by atoms with Crippen molar-refractivity contribution in [3.63, 3.8) is 0 Å². The first-order valence-corrected chi connectivity index (χ1v) is 10.7. The summed E-state index contributed by atoms with van der Waals surface area (Å²) in [6, 6.07) is 9.98. The molecule has 0 spiro atoms. The second kappa shape index (κ2) is 11.1. The molecule has 1 N–H and O–H groups in total. The minimum absolute atomic E-state index is 0.0969. The first kappa shape index (κ1) is 25.2. The van der Waals surface area contributed by atoms with Crippen LogP contribution in [0, 0.1) is 0 Å². The van der Waals surface area contributed by atoms with E-state index in [2.05, 4.69) is 10.1 Å². The largest absolute Gasteiger partial charge is 0.573 e. The Balaban J connectivity index is 1.48. The molecule has 8 nitrogen and oxygen atoms in total. The van der Waals surface area contributed by atoms with E-state index in [1.54, 1.807) is 23.1 Å². The summed E-state index contributed by atoms with van der Waals surface area (Å²) in [5, 5.41) is 2.64. The molecule has 11 heteroatoms. The van der Waals surface area contributed by atoms with Crippen LogP contribution in [0.2, 0.25) is 0 Å². The van der Waals surface area contributed by atoms with Gasteiger partial charge in [0.2, 0.25) is 5.91 Å². The predicted molar refractivity (Wildman–Crippen MR) is 118 cm³/mol. The van der Waals surface area contributed by atoms with E-state index in [1.165, 1.54) is 19.2 Å². The number of methoxy groups -OCH3 is 1. The van der Waals surface area contributed by atoms with Crippen molar-refractivity contribution in [1.29, 1.82) is 0 Å². The summed E-state index contributed by atoms with van der Waals surface area (Å²) < 4.78 is 51.3. The Hall–Kier alpha value is -3.47. The minimum Gasteiger partial charge on any atom is -0.493 e. The van der Waals surface area contributed by atoms with E-state index in [-0.39, 0.29) is 24.1 Å². The molecule has 184 valence electrons. The van der Waals surface area contributed by atoms with Crippen molar-refractivity contribution in [2.24, 2.45) is 0 Å². The highest BCUT2D eigenvalue weighted by Gasteiger charge is 2.31. The van der Waals surface area contributed by atoms with E-state index in [4.69, 9.17) is 9.47 Å². The van der Waals surface area contributed by atoms with Gasteiger partial charge < -0.3 is 24.4 Å². The molecule has 2 amide bonds. The van der Waals surface area contributed by atoms with Gasteiger partial charge in [-0.2, -0.15) is 0 Å². The fourth-order valence-electron chi connectivity index (χ4n) is 3.51. The number of nitrogens with one attached hydrogen (secondary N) is 1. The van der Waals surface area contributed by atoms with Crippen LogP contribution in [0.4, 0.5) is 18.9 Å². The van der Waals surface area contributed by atoms with E-state index in [0.29, 0.717) is 55.5 Å². The quantitative estimate of drug-likeness (QED) is 0.623.